The van der Waals surface area contributed by atoms with Crippen molar-refractivity contribution in [2.75, 3.05) is 12.0 Å². The molecule has 0 fully saturated rings. The van der Waals surface area contributed by atoms with E-state index in [-0.39, 0.29) is 11.2 Å². The van der Waals surface area contributed by atoms with Crippen LogP contribution in [0.25, 0.3) is 0 Å². The first-order valence-electron chi connectivity index (χ1n) is 8.72. The summed E-state index contributed by atoms with van der Waals surface area (Å²) < 4.78 is 1.62. The smallest absolute Gasteiger partial charge is 0.324 e. The number of fused-ring (bicyclic) bond motifs is 1. The fourth-order valence-electron chi connectivity index (χ4n) is 3.43. The van der Waals surface area contributed by atoms with Crippen molar-refractivity contribution in [1.29, 1.82) is 0 Å². The monoisotopic (exact) mass is 349 g/mol. The van der Waals surface area contributed by atoms with E-state index in [0.29, 0.717) is 31.1 Å². The molecule has 1 unspecified atom stereocenters. The van der Waals surface area contributed by atoms with E-state index >= 15 is 0 Å². The van der Waals surface area contributed by atoms with Crippen molar-refractivity contribution in [3.63, 3.8) is 0 Å². The van der Waals surface area contributed by atoms with Gasteiger partial charge in [-0.1, -0.05) is 60.7 Å². The zero-order chi connectivity index (χ0) is 17.9. The fourth-order valence-corrected chi connectivity index (χ4v) is 3.43. The molecule has 6 nitrogen and oxygen atoms in total. The molecule has 4 rings (SSSR count). The first-order chi connectivity index (χ1) is 12.7. The van der Waals surface area contributed by atoms with Gasteiger partial charge < -0.3 is 10.2 Å². The Morgan fingerprint density at radius 2 is 1.58 bits per heavy atom. The van der Waals surface area contributed by atoms with Crippen molar-refractivity contribution in [3.8, 4) is 0 Å². The number of benzene rings is 2. The second-order valence-corrected chi connectivity index (χ2v) is 6.60. The number of hydrogen-bond acceptors (Lipinski definition) is 3. The number of hydrogen-bond donors (Lipinski definition) is 3. The minimum atomic E-state index is -0.378. The van der Waals surface area contributed by atoms with Gasteiger partial charge in [-0.25, -0.2) is 4.79 Å². The zero-order valence-electron chi connectivity index (χ0n) is 14.4. The maximum atomic E-state index is 12.4. The second kappa shape index (κ2) is 7.01. The van der Waals surface area contributed by atoms with Gasteiger partial charge in [-0.15, -0.1) is 0 Å². The molecule has 1 aliphatic rings. The van der Waals surface area contributed by atoms with Crippen LogP contribution < -0.4 is 21.5 Å². The molecule has 0 amide bonds. The van der Waals surface area contributed by atoms with Crippen LogP contribution >= 0.6 is 0 Å². The lowest BCUT2D eigenvalue weighted by Crippen LogP contribution is -3.11. The Balaban J connectivity index is 1.64. The second-order valence-electron chi connectivity index (χ2n) is 6.60. The number of aromatic nitrogens is 2. The Morgan fingerprint density at radius 3 is 2.27 bits per heavy atom. The van der Waals surface area contributed by atoms with E-state index in [1.54, 1.807) is 4.57 Å². The number of quaternary nitrogens is 1. The summed E-state index contributed by atoms with van der Waals surface area (Å²) in [5, 5.41) is 3.31. The van der Waals surface area contributed by atoms with Gasteiger partial charge in [0.1, 0.15) is 24.5 Å². The van der Waals surface area contributed by atoms with E-state index in [9.17, 15) is 9.59 Å². The first kappa shape index (κ1) is 16.4. The van der Waals surface area contributed by atoms with E-state index in [0.717, 1.165) is 12.1 Å². The first-order valence-corrected chi connectivity index (χ1v) is 8.72. The van der Waals surface area contributed by atoms with Crippen molar-refractivity contribution in [2.24, 2.45) is 0 Å². The molecule has 0 saturated carbocycles. The van der Waals surface area contributed by atoms with Gasteiger partial charge in [0.25, 0.3) is 5.56 Å². The van der Waals surface area contributed by atoms with Crippen LogP contribution in [0.15, 0.2) is 70.3 Å². The molecule has 0 radical (unpaired) electrons. The number of nitrogens with zero attached hydrogens (tertiary/aromatic N) is 1. The molecule has 1 aromatic heterocycles. The molecule has 0 saturated heterocycles. The van der Waals surface area contributed by atoms with E-state index in [1.165, 1.54) is 10.5 Å². The number of aromatic amines is 1. The van der Waals surface area contributed by atoms with Gasteiger partial charge in [-0.2, -0.15) is 0 Å². The van der Waals surface area contributed by atoms with Crippen LogP contribution in [0.3, 0.4) is 0 Å². The highest BCUT2D eigenvalue weighted by Crippen LogP contribution is 2.13. The molecule has 0 spiro atoms. The predicted molar refractivity (Wildman–Crippen MR) is 100 cm³/mol. The highest BCUT2D eigenvalue weighted by atomic mass is 16.2. The van der Waals surface area contributed by atoms with Crippen molar-refractivity contribution in [2.45, 2.75) is 19.6 Å². The maximum absolute atomic E-state index is 12.4. The lowest BCUT2D eigenvalue weighted by molar-refractivity contribution is -0.926. The Labute approximate surface area is 150 Å². The lowest BCUT2D eigenvalue weighted by Gasteiger charge is -2.28. The summed E-state index contributed by atoms with van der Waals surface area (Å²) >= 11 is 0. The van der Waals surface area contributed by atoms with Gasteiger partial charge in [-0.05, 0) is 5.56 Å². The Bertz CT molecular complexity index is 1010. The van der Waals surface area contributed by atoms with E-state index in [1.807, 2.05) is 48.5 Å². The third-order valence-corrected chi connectivity index (χ3v) is 4.71. The molecular weight excluding hydrogens is 328 g/mol. The number of anilines is 1. The average Bonchev–Trinajstić information content (AvgIpc) is 2.67. The van der Waals surface area contributed by atoms with Gasteiger partial charge in [-0.3, -0.25) is 14.3 Å². The van der Waals surface area contributed by atoms with Crippen molar-refractivity contribution in [3.05, 3.63) is 98.2 Å². The predicted octanol–water partition coefficient (Wildman–Crippen LogP) is 0.553. The summed E-state index contributed by atoms with van der Waals surface area (Å²) in [5.41, 5.74) is 2.20. The molecule has 0 bridgehead atoms. The molecule has 1 atom stereocenters. The zero-order valence-corrected chi connectivity index (χ0v) is 14.4. The lowest BCUT2D eigenvalue weighted by atomic mass is 10.1. The fraction of sp³-hybridized carbons (Fsp3) is 0.200. The topological polar surface area (TPSA) is 71.3 Å². The summed E-state index contributed by atoms with van der Waals surface area (Å²) in [5.74, 6) is 0.638. The van der Waals surface area contributed by atoms with Crippen LogP contribution in [-0.2, 0) is 19.6 Å². The van der Waals surface area contributed by atoms with E-state index in [2.05, 4.69) is 22.4 Å². The minimum absolute atomic E-state index is 0.299. The van der Waals surface area contributed by atoms with Crippen LogP contribution in [0.1, 0.15) is 16.7 Å². The van der Waals surface area contributed by atoms with Gasteiger partial charge in [0.05, 0.1) is 6.54 Å². The number of rotatable bonds is 4. The molecule has 0 aliphatic carbocycles. The third kappa shape index (κ3) is 3.32. The Hall–Kier alpha value is -3.12. The summed E-state index contributed by atoms with van der Waals surface area (Å²) in [4.78, 5) is 28.4. The van der Waals surface area contributed by atoms with Crippen LogP contribution in [0.4, 0.5) is 5.82 Å². The van der Waals surface area contributed by atoms with Crippen molar-refractivity contribution < 1.29 is 4.90 Å². The molecule has 3 aromatic rings. The third-order valence-electron chi connectivity index (χ3n) is 4.71. The van der Waals surface area contributed by atoms with Crippen LogP contribution in [0.5, 0.6) is 0 Å². The minimum Gasteiger partial charge on any atom is -0.324 e. The van der Waals surface area contributed by atoms with Crippen LogP contribution in [0.2, 0.25) is 0 Å². The van der Waals surface area contributed by atoms with Gasteiger partial charge in [0, 0.05) is 5.56 Å². The van der Waals surface area contributed by atoms with Gasteiger partial charge in [0.15, 0.2) is 6.67 Å². The standard InChI is InChI=1S/C20H20N4O2/c25-19-17-13-23(11-15-7-3-1-4-8-15)14-21-18(17)24(20(26)22-19)12-16-9-5-2-6-10-16/h1-10,21H,11-14H2,(H,22,25,26)/p+1. The summed E-state index contributed by atoms with van der Waals surface area (Å²) in [6, 6.07) is 20.0. The van der Waals surface area contributed by atoms with Crippen molar-refractivity contribution in [1.82, 2.24) is 9.55 Å². The van der Waals surface area contributed by atoms with E-state index < -0.39 is 0 Å². The largest absolute Gasteiger partial charge is 0.330 e. The molecule has 3 N–H and O–H groups in total. The summed E-state index contributed by atoms with van der Waals surface area (Å²) in [6.07, 6.45) is 0. The molecule has 26 heavy (non-hydrogen) atoms. The molecule has 2 aromatic carbocycles. The highest BCUT2D eigenvalue weighted by Gasteiger charge is 2.25. The summed E-state index contributed by atoms with van der Waals surface area (Å²) in [7, 11) is 0. The SMILES string of the molecule is O=c1[nH]c(=O)n(Cc2ccccc2)c2c1C[NH+](Cc1ccccc1)CN2. The highest BCUT2D eigenvalue weighted by molar-refractivity contribution is 5.44. The van der Waals surface area contributed by atoms with Crippen molar-refractivity contribution >= 4 is 5.82 Å². The Morgan fingerprint density at radius 1 is 0.923 bits per heavy atom. The Kier molecular flexibility index (Phi) is 4.41. The van der Waals surface area contributed by atoms with Crippen LogP contribution in [0, 0.1) is 0 Å². The summed E-state index contributed by atoms with van der Waals surface area (Å²) in [6.45, 7) is 2.51. The van der Waals surface area contributed by atoms with Gasteiger partial charge >= 0.3 is 5.69 Å². The average molecular weight is 349 g/mol. The number of nitrogens with one attached hydrogen (secondary N) is 3. The number of H-pyrrole nitrogens is 1. The maximum Gasteiger partial charge on any atom is 0.330 e. The van der Waals surface area contributed by atoms with Gasteiger partial charge in [0.2, 0.25) is 0 Å². The van der Waals surface area contributed by atoms with E-state index in [4.69, 9.17) is 0 Å². The molecule has 2 heterocycles. The molecule has 1 aliphatic heterocycles. The molecule has 6 heteroatoms. The quantitative estimate of drug-likeness (QED) is 0.644. The normalized spacial score (nSPS) is 15.9. The molecular formula is C20H21N4O2+. The molecule has 132 valence electrons. The van der Waals surface area contributed by atoms with Crippen LogP contribution in [-0.4, -0.2) is 16.2 Å².